The molecule has 0 N–H and O–H groups in total. The van der Waals surface area contributed by atoms with Gasteiger partial charge in [-0.25, -0.2) is 0 Å². The molecule has 1 rings (SSSR count). The van der Waals surface area contributed by atoms with Gasteiger partial charge in [-0.15, -0.1) is 0 Å². The summed E-state index contributed by atoms with van der Waals surface area (Å²) in [6.07, 6.45) is 0. The molecule has 0 spiro atoms. The van der Waals surface area contributed by atoms with Crippen LogP contribution in [0.1, 0.15) is 22.8 Å². The molecule has 0 aliphatic carbocycles. The summed E-state index contributed by atoms with van der Waals surface area (Å²) in [5.74, 6) is -0.389. The second-order valence-corrected chi connectivity index (χ2v) is 3.72. The van der Waals surface area contributed by atoms with Gasteiger partial charge in [0.25, 0.3) is 5.24 Å². The van der Waals surface area contributed by atoms with Crippen molar-refractivity contribution in [2.45, 2.75) is 13.8 Å². The van der Waals surface area contributed by atoms with Crippen molar-refractivity contribution >= 4 is 34.4 Å². The van der Waals surface area contributed by atoms with Gasteiger partial charge in [0.15, 0.2) is 0 Å². The predicted octanol–water partition coefficient (Wildman–Crippen LogP) is 2.95. The van der Waals surface area contributed by atoms with Crippen molar-refractivity contribution in [2.75, 3.05) is 0 Å². The smallest absolute Gasteiger partial charge is 0.308 e. The Bertz CT molecular complexity index is 427. The van der Waals surface area contributed by atoms with Crippen LogP contribution >= 0.6 is 23.2 Å². The molecular formula is C10H8Cl2O3. The van der Waals surface area contributed by atoms with Crippen molar-refractivity contribution in [1.29, 1.82) is 0 Å². The summed E-state index contributed by atoms with van der Waals surface area (Å²) in [6.45, 7) is 2.98. The first-order valence-electron chi connectivity index (χ1n) is 4.10. The maximum Gasteiger partial charge on any atom is 0.308 e. The van der Waals surface area contributed by atoms with E-state index in [-0.39, 0.29) is 11.3 Å². The number of benzene rings is 1. The van der Waals surface area contributed by atoms with Crippen LogP contribution in [0.2, 0.25) is 5.02 Å². The standard InChI is InChI=1S/C10H8Cl2O3/c1-5-3-9(15-6(2)13)7(10(12)14)4-8(5)11/h3-4H,1-2H3. The van der Waals surface area contributed by atoms with E-state index in [9.17, 15) is 9.59 Å². The summed E-state index contributed by atoms with van der Waals surface area (Å²) in [4.78, 5) is 21.8. The molecular weight excluding hydrogens is 239 g/mol. The minimum Gasteiger partial charge on any atom is -0.426 e. The second kappa shape index (κ2) is 4.64. The summed E-state index contributed by atoms with van der Waals surface area (Å²) >= 11 is 11.1. The van der Waals surface area contributed by atoms with E-state index in [1.165, 1.54) is 19.1 Å². The van der Waals surface area contributed by atoms with Gasteiger partial charge in [0, 0.05) is 11.9 Å². The first-order chi connectivity index (χ1) is 6.91. The van der Waals surface area contributed by atoms with E-state index in [4.69, 9.17) is 27.9 Å². The number of esters is 1. The van der Waals surface area contributed by atoms with Gasteiger partial charge in [-0.2, -0.15) is 0 Å². The molecule has 1 aromatic rings. The number of rotatable bonds is 2. The molecule has 3 nitrogen and oxygen atoms in total. The lowest BCUT2D eigenvalue weighted by Gasteiger charge is -2.07. The molecule has 0 saturated heterocycles. The van der Waals surface area contributed by atoms with Gasteiger partial charge < -0.3 is 4.74 Å². The van der Waals surface area contributed by atoms with Crippen molar-refractivity contribution in [3.63, 3.8) is 0 Å². The Morgan fingerprint density at radius 2 is 1.93 bits per heavy atom. The van der Waals surface area contributed by atoms with E-state index >= 15 is 0 Å². The summed E-state index contributed by atoms with van der Waals surface area (Å²) < 4.78 is 4.84. The molecule has 0 heterocycles. The van der Waals surface area contributed by atoms with Gasteiger partial charge in [0.1, 0.15) is 5.75 Å². The molecule has 0 aliphatic heterocycles. The Hall–Kier alpha value is -1.06. The Balaban J connectivity index is 3.28. The van der Waals surface area contributed by atoms with Crippen molar-refractivity contribution in [3.05, 3.63) is 28.3 Å². The van der Waals surface area contributed by atoms with Crippen molar-refractivity contribution in [2.24, 2.45) is 0 Å². The third kappa shape index (κ3) is 2.94. The fourth-order valence-corrected chi connectivity index (χ4v) is 1.36. The molecule has 1 aromatic carbocycles. The molecule has 0 aromatic heterocycles. The molecule has 0 aliphatic rings. The van der Waals surface area contributed by atoms with E-state index in [0.717, 1.165) is 0 Å². The normalized spacial score (nSPS) is 9.87. The molecule has 0 saturated carbocycles. The van der Waals surface area contributed by atoms with Crippen LogP contribution in [0.15, 0.2) is 12.1 Å². The van der Waals surface area contributed by atoms with E-state index in [1.54, 1.807) is 6.92 Å². The highest BCUT2D eigenvalue weighted by Crippen LogP contribution is 2.28. The second-order valence-electron chi connectivity index (χ2n) is 2.96. The van der Waals surface area contributed by atoms with Crippen LogP contribution in [-0.4, -0.2) is 11.2 Å². The Kier molecular flexibility index (Phi) is 3.72. The maximum atomic E-state index is 11.0. The first-order valence-corrected chi connectivity index (χ1v) is 4.86. The fraction of sp³-hybridized carbons (Fsp3) is 0.200. The van der Waals surface area contributed by atoms with Crippen LogP contribution < -0.4 is 4.74 Å². The van der Waals surface area contributed by atoms with E-state index < -0.39 is 11.2 Å². The molecule has 0 atom stereocenters. The van der Waals surface area contributed by atoms with Gasteiger partial charge >= 0.3 is 5.97 Å². The van der Waals surface area contributed by atoms with Crippen LogP contribution in [0.25, 0.3) is 0 Å². The van der Waals surface area contributed by atoms with E-state index in [1.807, 2.05) is 0 Å². The zero-order valence-corrected chi connectivity index (χ0v) is 9.65. The third-order valence-electron chi connectivity index (χ3n) is 1.73. The zero-order chi connectivity index (χ0) is 11.6. The molecule has 80 valence electrons. The number of halogens is 2. The molecule has 0 fully saturated rings. The Morgan fingerprint density at radius 3 is 2.40 bits per heavy atom. The Morgan fingerprint density at radius 1 is 1.33 bits per heavy atom. The molecule has 15 heavy (non-hydrogen) atoms. The number of ether oxygens (including phenoxy) is 1. The van der Waals surface area contributed by atoms with Gasteiger partial charge in [-0.3, -0.25) is 9.59 Å². The number of hydrogen-bond acceptors (Lipinski definition) is 3. The van der Waals surface area contributed by atoms with Crippen molar-refractivity contribution < 1.29 is 14.3 Å². The van der Waals surface area contributed by atoms with Gasteiger partial charge in [-0.05, 0) is 36.2 Å². The summed E-state index contributed by atoms with van der Waals surface area (Å²) in [7, 11) is 0. The van der Waals surface area contributed by atoms with Crippen LogP contribution in [0.3, 0.4) is 0 Å². The lowest BCUT2D eigenvalue weighted by molar-refractivity contribution is -0.131. The number of carbonyl (C=O) groups excluding carboxylic acids is 2. The quantitative estimate of drug-likeness (QED) is 0.458. The van der Waals surface area contributed by atoms with Gasteiger partial charge in [0.2, 0.25) is 0 Å². The van der Waals surface area contributed by atoms with Crippen LogP contribution in [0.5, 0.6) is 5.75 Å². The number of aryl methyl sites for hydroxylation is 1. The largest absolute Gasteiger partial charge is 0.426 e. The van der Waals surface area contributed by atoms with Crippen LogP contribution in [0.4, 0.5) is 0 Å². The highest BCUT2D eigenvalue weighted by Gasteiger charge is 2.14. The lowest BCUT2D eigenvalue weighted by atomic mass is 10.1. The molecule has 0 amide bonds. The summed E-state index contributed by atoms with van der Waals surface area (Å²) in [6, 6.07) is 2.88. The number of hydrogen-bond donors (Lipinski definition) is 0. The van der Waals surface area contributed by atoms with Crippen molar-refractivity contribution in [3.8, 4) is 5.75 Å². The average Bonchev–Trinajstić information content (AvgIpc) is 2.09. The monoisotopic (exact) mass is 246 g/mol. The van der Waals surface area contributed by atoms with Crippen LogP contribution in [0, 0.1) is 6.92 Å². The lowest BCUT2D eigenvalue weighted by Crippen LogP contribution is -2.05. The topological polar surface area (TPSA) is 43.4 Å². The molecule has 0 radical (unpaired) electrons. The van der Waals surface area contributed by atoms with Crippen LogP contribution in [-0.2, 0) is 4.79 Å². The molecule has 0 bridgehead atoms. The maximum absolute atomic E-state index is 11.0. The summed E-state index contributed by atoms with van der Waals surface area (Å²) in [5.41, 5.74) is 0.789. The van der Waals surface area contributed by atoms with Crippen molar-refractivity contribution in [1.82, 2.24) is 0 Å². The number of carbonyl (C=O) groups is 2. The molecule has 0 unspecified atom stereocenters. The average molecular weight is 247 g/mol. The van der Waals surface area contributed by atoms with Gasteiger partial charge in [0.05, 0.1) is 5.56 Å². The van der Waals surface area contributed by atoms with E-state index in [0.29, 0.717) is 10.6 Å². The highest BCUT2D eigenvalue weighted by molar-refractivity contribution is 6.68. The minimum atomic E-state index is -0.715. The SMILES string of the molecule is CC(=O)Oc1cc(C)c(Cl)cc1C(=O)Cl. The summed E-state index contributed by atoms with van der Waals surface area (Å²) in [5, 5.41) is -0.317. The Labute approximate surface area is 96.9 Å². The predicted molar refractivity (Wildman–Crippen MR) is 57.7 cm³/mol. The minimum absolute atomic E-state index is 0.0856. The zero-order valence-electron chi connectivity index (χ0n) is 8.14. The molecule has 5 heteroatoms. The third-order valence-corrected chi connectivity index (χ3v) is 2.34. The van der Waals surface area contributed by atoms with E-state index in [2.05, 4.69) is 0 Å². The highest BCUT2D eigenvalue weighted by atomic mass is 35.5. The fourth-order valence-electron chi connectivity index (χ4n) is 1.05. The van der Waals surface area contributed by atoms with Gasteiger partial charge in [-0.1, -0.05) is 11.6 Å². The first kappa shape index (κ1) is 12.0.